The topological polar surface area (TPSA) is 84.0 Å². The lowest BCUT2D eigenvalue weighted by Crippen LogP contribution is -1.97. The molecule has 0 radical (unpaired) electrons. The maximum atomic E-state index is 13.1. The molecule has 6 heteroatoms. The summed E-state index contributed by atoms with van der Waals surface area (Å²) in [5.74, 6) is -0.890. The minimum atomic E-state index is -0.544. The number of rotatable bonds is 2. The van der Waals surface area contributed by atoms with Crippen LogP contribution >= 0.6 is 0 Å². The Bertz CT molecular complexity index is 807. The highest BCUT2D eigenvalue weighted by Gasteiger charge is 2.07. The third-order valence-corrected chi connectivity index (χ3v) is 2.69. The van der Waals surface area contributed by atoms with Gasteiger partial charge in [0.25, 0.3) is 0 Å². The Hall–Kier alpha value is -2.76. The Morgan fingerprint density at radius 2 is 2.11 bits per heavy atom. The lowest BCUT2D eigenvalue weighted by Gasteiger charge is -2.09. The normalized spacial score (nSPS) is 10.8. The first-order chi connectivity index (χ1) is 9.11. The van der Waals surface area contributed by atoms with E-state index in [4.69, 9.17) is 10.2 Å². The number of nitrogens with two attached hydrogens (primary N) is 1. The molecular formula is C13H10FN3O2. The predicted molar refractivity (Wildman–Crippen MR) is 70.9 cm³/mol. The average molecular weight is 259 g/mol. The number of hydrogen-bond acceptors (Lipinski definition) is 4. The van der Waals surface area contributed by atoms with Crippen molar-refractivity contribution in [3.63, 3.8) is 0 Å². The van der Waals surface area contributed by atoms with Crippen molar-refractivity contribution in [2.24, 2.45) is 0 Å². The van der Waals surface area contributed by atoms with E-state index in [9.17, 15) is 9.18 Å². The van der Waals surface area contributed by atoms with Gasteiger partial charge in [0.2, 0.25) is 0 Å². The Morgan fingerprint density at radius 1 is 1.26 bits per heavy atom. The number of nitrogen functional groups attached to an aromatic ring is 1. The summed E-state index contributed by atoms with van der Waals surface area (Å²) in [5.41, 5.74) is 8.29. The van der Waals surface area contributed by atoms with E-state index in [2.05, 4.69) is 10.3 Å². The molecule has 0 atom stereocenters. The van der Waals surface area contributed by atoms with E-state index < -0.39 is 5.76 Å². The van der Waals surface area contributed by atoms with E-state index in [1.54, 1.807) is 18.2 Å². The van der Waals surface area contributed by atoms with Gasteiger partial charge in [-0.05, 0) is 24.3 Å². The van der Waals surface area contributed by atoms with Crippen LogP contribution in [0.4, 0.5) is 21.5 Å². The maximum Gasteiger partial charge on any atom is 0.417 e. The van der Waals surface area contributed by atoms with Crippen LogP contribution in [0.3, 0.4) is 0 Å². The Kier molecular flexibility index (Phi) is 2.49. The zero-order chi connectivity index (χ0) is 13.4. The Balaban J connectivity index is 2.04. The molecule has 3 rings (SSSR count). The van der Waals surface area contributed by atoms with Gasteiger partial charge in [0.05, 0.1) is 16.9 Å². The molecule has 0 unspecified atom stereocenters. The molecule has 4 N–H and O–H groups in total. The first-order valence-corrected chi connectivity index (χ1v) is 5.57. The number of aromatic amines is 1. The Labute approximate surface area is 106 Å². The lowest BCUT2D eigenvalue weighted by atomic mass is 10.2. The number of fused-ring (bicyclic) bond motifs is 1. The molecule has 3 aromatic rings. The van der Waals surface area contributed by atoms with Gasteiger partial charge in [-0.1, -0.05) is 6.07 Å². The smallest absolute Gasteiger partial charge is 0.408 e. The molecule has 0 saturated carbocycles. The number of H-pyrrole nitrogens is 1. The number of nitrogens with one attached hydrogen (secondary N) is 2. The van der Waals surface area contributed by atoms with Crippen LogP contribution in [0, 0.1) is 5.82 Å². The Morgan fingerprint density at radius 3 is 2.89 bits per heavy atom. The van der Waals surface area contributed by atoms with Gasteiger partial charge in [-0.3, -0.25) is 4.98 Å². The predicted octanol–water partition coefficient (Wildman–Crippen LogP) is 2.59. The summed E-state index contributed by atoms with van der Waals surface area (Å²) < 4.78 is 18.0. The number of hydrogen-bond donors (Lipinski definition) is 3. The highest BCUT2D eigenvalue weighted by Crippen LogP contribution is 2.27. The maximum absolute atomic E-state index is 13.1. The van der Waals surface area contributed by atoms with E-state index >= 15 is 0 Å². The third-order valence-electron chi connectivity index (χ3n) is 2.69. The first kappa shape index (κ1) is 11.3. The molecule has 0 spiro atoms. The van der Waals surface area contributed by atoms with E-state index in [1.165, 1.54) is 18.2 Å². The fraction of sp³-hybridized carbons (Fsp3) is 0. The van der Waals surface area contributed by atoms with Crippen molar-refractivity contribution in [1.29, 1.82) is 0 Å². The molecule has 96 valence electrons. The molecule has 0 aliphatic rings. The van der Waals surface area contributed by atoms with Crippen LogP contribution < -0.4 is 16.8 Å². The summed E-state index contributed by atoms with van der Waals surface area (Å²) in [6.45, 7) is 0. The molecule has 0 aliphatic carbocycles. The highest BCUT2D eigenvalue weighted by atomic mass is 19.1. The van der Waals surface area contributed by atoms with Crippen molar-refractivity contribution in [2.75, 3.05) is 11.1 Å². The van der Waals surface area contributed by atoms with Gasteiger partial charge in [-0.25, -0.2) is 9.18 Å². The third kappa shape index (κ3) is 2.15. The fourth-order valence-electron chi connectivity index (χ4n) is 1.84. The second-order valence-electron chi connectivity index (χ2n) is 4.09. The van der Waals surface area contributed by atoms with E-state index in [-0.39, 0.29) is 5.82 Å². The van der Waals surface area contributed by atoms with Gasteiger partial charge in [0.1, 0.15) is 5.82 Å². The number of anilines is 3. The fourth-order valence-corrected chi connectivity index (χ4v) is 1.84. The van der Waals surface area contributed by atoms with Crippen LogP contribution in [0.25, 0.3) is 11.1 Å². The van der Waals surface area contributed by atoms with Crippen LogP contribution in [-0.2, 0) is 0 Å². The van der Waals surface area contributed by atoms with Crippen LogP contribution in [0.5, 0.6) is 0 Å². The second-order valence-corrected chi connectivity index (χ2v) is 4.09. The molecule has 0 amide bonds. The molecule has 0 fully saturated rings. The van der Waals surface area contributed by atoms with Crippen LogP contribution in [-0.4, -0.2) is 4.98 Å². The largest absolute Gasteiger partial charge is 0.417 e. The quantitative estimate of drug-likeness (QED) is 0.617. The van der Waals surface area contributed by atoms with Crippen molar-refractivity contribution < 1.29 is 8.81 Å². The second kappa shape index (κ2) is 4.16. The van der Waals surface area contributed by atoms with Gasteiger partial charge in [0.15, 0.2) is 5.58 Å². The molecule has 5 nitrogen and oxygen atoms in total. The van der Waals surface area contributed by atoms with E-state index in [0.29, 0.717) is 28.2 Å². The molecular weight excluding hydrogens is 249 g/mol. The SMILES string of the molecule is Nc1cc2oc(=O)[nH]c2cc1Nc1cccc(F)c1. The van der Waals surface area contributed by atoms with Gasteiger partial charge in [-0.15, -0.1) is 0 Å². The van der Waals surface area contributed by atoms with E-state index in [1.807, 2.05) is 0 Å². The van der Waals surface area contributed by atoms with Crippen molar-refractivity contribution >= 4 is 28.2 Å². The lowest BCUT2D eigenvalue weighted by molar-refractivity contribution is 0.555. The summed E-state index contributed by atoms with van der Waals surface area (Å²) in [6.07, 6.45) is 0. The van der Waals surface area contributed by atoms with Crippen molar-refractivity contribution in [3.05, 3.63) is 52.8 Å². The van der Waals surface area contributed by atoms with Gasteiger partial charge >= 0.3 is 5.76 Å². The van der Waals surface area contributed by atoms with E-state index in [0.717, 1.165) is 0 Å². The standard InChI is InChI=1S/C13H10FN3O2/c14-7-2-1-3-8(4-7)16-10-6-11-12(5-9(10)15)19-13(18)17-11/h1-6,16H,15H2,(H,17,18). The zero-order valence-electron chi connectivity index (χ0n) is 9.74. The van der Waals surface area contributed by atoms with Gasteiger partial charge in [-0.2, -0.15) is 0 Å². The monoisotopic (exact) mass is 259 g/mol. The highest BCUT2D eigenvalue weighted by molar-refractivity contribution is 5.86. The molecule has 1 aromatic heterocycles. The van der Waals surface area contributed by atoms with Crippen molar-refractivity contribution in [1.82, 2.24) is 4.98 Å². The molecule has 1 heterocycles. The molecule has 0 bridgehead atoms. The number of oxazole rings is 1. The molecule has 19 heavy (non-hydrogen) atoms. The van der Waals surface area contributed by atoms with Crippen LogP contribution in [0.2, 0.25) is 0 Å². The van der Waals surface area contributed by atoms with Gasteiger partial charge < -0.3 is 15.5 Å². The average Bonchev–Trinajstić information content (AvgIpc) is 2.69. The van der Waals surface area contributed by atoms with Crippen molar-refractivity contribution in [2.45, 2.75) is 0 Å². The summed E-state index contributed by atoms with van der Waals surface area (Å²) in [4.78, 5) is 13.6. The zero-order valence-corrected chi connectivity index (χ0v) is 9.74. The van der Waals surface area contributed by atoms with Crippen LogP contribution in [0.15, 0.2) is 45.6 Å². The number of aromatic nitrogens is 1. The number of benzene rings is 2. The summed E-state index contributed by atoms with van der Waals surface area (Å²) >= 11 is 0. The number of halogens is 1. The molecule has 0 saturated heterocycles. The van der Waals surface area contributed by atoms with Crippen LogP contribution in [0.1, 0.15) is 0 Å². The summed E-state index contributed by atoms with van der Waals surface area (Å²) in [6, 6.07) is 9.18. The first-order valence-electron chi connectivity index (χ1n) is 5.57. The minimum Gasteiger partial charge on any atom is -0.408 e. The van der Waals surface area contributed by atoms with Gasteiger partial charge in [0, 0.05) is 11.8 Å². The van der Waals surface area contributed by atoms with Crippen molar-refractivity contribution in [3.8, 4) is 0 Å². The molecule has 0 aliphatic heterocycles. The minimum absolute atomic E-state index is 0.346. The summed E-state index contributed by atoms with van der Waals surface area (Å²) in [7, 11) is 0. The summed E-state index contributed by atoms with van der Waals surface area (Å²) in [5, 5.41) is 2.99. The molecule has 2 aromatic carbocycles.